The van der Waals surface area contributed by atoms with Crippen molar-refractivity contribution in [2.75, 3.05) is 0 Å². The largest absolute Gasteiger partial charge is 0.473 e. The molecular formula is C16H15FN4O. The summed E-state index contributed by atoms with van der Waals surface area (Å²) in [6.07, 6.45) is 1.74. The first-order chi connectivity index (χ1) is 10.6. The smallest absolute Gasteiger partial charge is 0.213 e. The van der Waals surface area contributed by atoms with Gasteiger partial charge in [-0.1, -0.05) is 23.4 Å². The average molecular weight is 298 g/mol. The van der Waals surface area contributed by atoms with E-state index in [4.69, 9.17) is 4.74 Å². The van der Waals surface area contributed by atoms with Crippen molar-refractivity contribution in [2.24, 2.45) is 7.05 Å². The molecule has 3 aromatic rings. The molecule has 0 unspecified atom stereocenters. The number of aromatic nitrogens is 4. The fourth-order valence-corrected chi connectivity index (χ4v) is 2.05. The third-order valence-corrected chi connectivity index (χ3v) is 3.19. The molecule has 0 bridgehead atoms. The first-order valence-corrected chi connectivity index (χ1v) is 6.83. The van der Waals surface area contributed by atoms with E-state index in [0.717, 1.165) is 5.69 Å². The van der Waals surface area contributed by atoms with E-state index < -0.39 is 0 Å². The molecule has 3 rings (SSSR count). The van der Waals surface area contributed by atoms with Crippen molar-refractivity contribution >= 4 is 0 Å². The van der Waals surface area contributed by atoms with E-state index in [2.05, 4.69) is 15.3 Å². The average Bonchev–Trinajstić information content (AvgIpc) is 2.93. The number of hydrogen-bond acceptors (Lipinski definition) is 4. The molecule has 0 saturated carbocycles. The van der Waals surface area contributed by atoms with E-state index >= 15 is 0 Å². The Balaban J connectivity index is 1.75. The molecule has 0 amide bonds. The molecule has 2 aromatic heterocycles. The number of nitrogens with zero attached hydrogens (tertiary/aromatic N) is 4. The van der Waals surface area contributed by atoms with Gasteiger partial charge < -0.3 is 4.74 Å². The van der Waals surface area contributed by atoms with E-state index in [9.17, 15) is 4.39 Å². The van der Waals surface area contributed by atoms with Crippen LogP contribution in [0.4, 0.5) is 4.39 Å². The van der Waals surface area contributed by atoms with E-state index in [0.29, 0.717) is 22.7 Å². The molecule has 0 radical (unpaired) electrons. The molecule has 0 atom stereocenters. The van der Waals surface area contributed by atoms with Gasteiger partial charge in [0, 0.05) is 29.9 Å². The van der Waals surface area contributed by atoms with Crippen LogP contribution in [0.1, 0.15) is 11.3 Å². The standard InChI is InChI=1S/C16H15FN4O/c1-11-4-3-5-16(18-11)22-10-13-7-6-12(8-14(13)17)15-9-21(2)20-19-15/h3-9H,10H2,1-2H3. The predicted molar refractivity (Wildman–Crippen MR) is 79.7 cm³/mol. The highest BCUT2D eigenvalue weighted by Gasteiger charge is 2.08. The van der Waals surface area contributed by atoms with Crippen LogP contribution in [0, 0.1) is 12.7 Å². The van der Waals surface area contributed by atoms with Crippen LogP contribution in [-0.4, -0.2) is 20.0 Å². The lowest BCUT2D eigenvalue weighted by atomic mass is 10.1. The second-order valence-corrected chi connectivity index (χ2v) is 4.99. The van der Waals surface area contributed by atoms with Crippen LogP contribution < -0.4 is 4.74 Å². The fourth-order valence-electron chi connectivity index (χ4n) is 2.05. The van der Waals surface area contributed by atoms with Gasteiger partial charge in [0.05, 0.1) is 6.20 Å². The summed E-state index contributed by atoms with van der Waals surface area (Å²) in [4.78, 5) is 4.22. The summed E-state index contributed by atoms with van der Waals surface area (Å²) in [6, 6.07) is 10.4. The molecule has 5 nitrogen and oxygen atoms in total. The van der Waals surface area contributed by atoms with Gasteiger partial charge in [-0.3, -0.25) is 4.68 Å². The molecule has 0 fully saturated rings. The highest BCUT2D eigenvalue weighted by molar-refractivity contribution is 5.58. The first kappa shape index (κ1) is 14.2. The zero-order valence-corrected chi connectivity index (χ0v) is 12.3. The highest BCUT2D eigenvalue weighted by atomic mass is 19.1. The minimum absolute atomic E-state index is 0.128. The maximum absolute atomic E-state index is 14.2. The van der Waals surface area contributed by atoms with Gasteiger partial charge in [-0.15, -0.1) is 5.10 Å². The quantitative estimate of drug-likeness (QED) is 0.743. The molecule has 0 N–H and O–H groups in total. The Morgan fingerprint density at radius 1 is 1.23 bits per heavy atom. The lowest BCUT2D eigenvalue weighted by Gasteiger charge is -2.07. The van der Waals surface area contributed by atoms with Crippen LogP contribution in [0.3, 0.4) is 0 Å². The Morgan fingerprint density at radius 3 is 2.77 bits per heavy atom. The van der Waals surface area contributed by atoms with Gasteiger partial charge in [0.15, 0.2) is 0 Å². The Bertz CT molecular complexity index is 800. The second kappa shape index (κ2) is 5.93. The number of hydrogen-bond donors (Lipinski definition) is 0. The Labute approximate surface area is 127 Å². The molecule has 6 heteroatoms. The molecule has 0 aliphatic rings. The maximum Gasteiger partial charge on any atom is 0.213 e. The number of halogens is 1. The summed E-state index contributed by atoms with van der Waals surface area (Å²) in [5.41, 5.74) is 2.64. The molecular weight excluding hydrogens is 283 g/mol. The lowest BCUT2D eigenvalue weighted by Crippen LogP contribution is -2.00. The Hall–Kier alpha value is -2.76. The Morgan fingerprint density at radius 2 is 2.09 bits per heavy atom. The number of rotatable bonds is 4. The van der Waals surface area contributed by atoms with Gasteiger partial charge in [0.25, 0.3) is 0 Å². The fraction of sp³-hybridized carbons (Fsp3) is 0.188. The van der Waals surface area contributed by atoms with Crippen LogP contribution in [0.5, 0.6) is 5.88 Å². The van der Waals surface area contributed by atoms with Crippen LogP contribution in [-0.2, 0) is 13.7 Å². The third-order valence-electron chi connectivity index (χ3n) is 3.19. The number of pyridine rings is 1. The van der Waals surface area contributed by atoms with Gasteiger partial charge in [-0.25, -0.2) is 9.37 Å². The molecule has 1 aromatic carbocycles. The summed E-state index contributed by atoms with van der Waals surface area (Å²) in [5.74, 6) is 0.146. The number of aryl methyl sites for hydroxylation is 2. The van der Waals surface area contributed by atoms with Crippen molar-refractivity contribution in [2.45, 2.75) is 13.5 Å². The molecule has 0 aliphatic carbocycles. The van der Waals surface area contributed by atoms with Crippen molar-refractivity contribution in [1.29, 1.82) is 0 Å². The van der Waals surface area contributed by atoms with Gasteiger partial charge in [0.2, 0.25) is 5.88 Å². The normalized spacial score (nSPS) is 10.7. The van der Waals surface area contributed by atoms with Crippen molar-refractivity contribution in [3.8, 4) is 17.1 Å². The van der Waals surface area contributed by atoms with E-state index in [-0.39, 0.29) is 12.4 Å². The summed E-state index contributed by atoms with van der Waals surface area (Å²) in [5, 5.41) is 7.81. The van der Waals surface area contributed by atoms with Crippen molar-refractivity contribution in [1.82, 2.24) is 20.0 Å². The predicted octanol–water partition coefficient (Wildman–Crippen LogP) is 2.90. The monoisotopic (exact) mass is 298 g/mol. The van der Waals surface area contributed by atoms with Gasteiger partial charge in [-0.05, 0) is 19.1 Å². The van der Waals surface area contributed by atoms with Crippen molar-refractivity contribution in [3.05, 3.63) is 59.7 Å². The van der Waals surface area contributed by atoms with Gasteiger partial charge in [-0.2, -0.15) is 0 Å². The van der Waals surface area contributed by atoms with E-state index in [1.807, 2.05) is 19.1 Å². The van der Waals surface area contributed by atoms with Crippen LogP contribution in [0.15, 0.2) is 42.6 Å². The van der Waals surface area contributed by atoms with E-state index in [1.165, 1.54) is 6.07 Å². The molecule has 2 heterocycles. The molecule has 0 aliphatic heterocycles. The first-order valence-electron chi connectivity index (χ1n) is 6.83. The Kier molecular flexibility index (Phi) is 3.82. The molecule has 112 valence electrons. The lowest BCUT2D eigenvalue weighted by molar-refractivity contribution is 0.287. The van der Waals surface area contributed by atoms with Crippen LogP contribution in [0.25, 0.3) is 11.3 Å². The minimum Gasteiger partial charge on any atom is -0.473 e. The van der Waals surface area contributed by atoms with E-state index in [1.54, 1.807) is 36.1 Å². The third kappa shape index (κ3) is 3.11. The van der Waals surface area contributed by atoms with Gasteiger partial charge in [0.1, 0.15) is 18.1 Å². The summed E-state index contributed by atoms with van der Waals surface area (Å²) < 4.78 is 21.3. The minimum atomic E-state index is -0.337. The summed E-state index contributed by atoms with van der Waals surface area (Å²) in [6.45, 7) is 2.01. The van der Waals surface area contributed by atoms with Crippen LogP contribution in [0.2, 0.25) is 0 Å². The van der Waals surface area contributed by atoms with Crippen LogP contribution >= 0.6 is 0 Å². The van der Waals surface area contributed by atoms with Gasteiger partial charge >= 0.3 is 0 Å². The SMILES string of the molecule is Cc1cccc(OCc2ccc(-c3cn(C)nn3)cc2F)n1. The summed E-state index contributed by atoms with van der Waals surface area (Å²) >= 11 is 0. The zero-order valence-electron chi connectivity index (χ0n) is 12.3. The molecule has 22 heavy (non-hydrogen) atoms. The number of benzene rings is 1. The summed E-state index contributed by atoms with van der Waals surface area (Å²) in [7, 11) is 1.77. The maximum atomic E-state index is 14.2. The van der Waals surface area contributed by atoms with Crippen molar-refractivity contribution < 1.29 is 9.13 Å². The second-order valence-electron chi connectivity index (χ2n) is 4.99. The number of ether oxygens (including phenoxy) is 1. The highest BCUT2D eigenvalue weighted by Crippen LogP contribution is 2.20. The molecule has 0 saturated heterocycles. The van der Waals surface area contributed by atoms with Crippen molar-refractivity contribution in [3.63, 3.8) is 0 Å². The zero-order chi connectivity index (χ0) is 15.5. The molecule has 0 spiro atoms. The topological polar surface area (TPSA) is 52.8 Å².